The van der Waals surface area contributed by atoms with Gasteiger partial charge in [-0.3, -0.25) is 0 Å². The van der Waals surface area contributed by atoms with E-state index < -0.39 is 0 Å². The van der Waals surface area contributed by atoms with Crippen molar-refractivity contribution in [2.24, 2.45) is 5.41 Å². The topological polar surface area (TPSA) is 0 Å². The van der Waals surface area contributed by atoms with Crippen LogP contribution in [-0.4, -0.2) is 6.16 Å². The number of benzene rings is 3. The summed E-state index contributed by atoms with van der Waals surface area (Å²) in [5.41, 5.74) is 4.67. The highest BCUT2D eigenvalue weighted by molar-refractivity contribution is 9.36. The maximum absolute atomic E-state index is 3.56. The second-order valence-electron chi connectivity index (χ2n) is 10.3. The zero-order chi connectivity index (χ0) is 24.4. The van der Waals surface area contributed by atoms with Crippen LogP contribution in [0.15, 0.2) is 91.0 Å². The van der Waals surface area contributed by atoms with Gasteiger partial charge in [-0.1, -0.05) is 165 Å². The first kappa shape index (κ1) is 28.1. The minimum absolute atomic E-state index is 0.250. The Kier molecular flexibility index (Phi) is 13.8. The molecule has 0 saturated heterocycles. The monoisotopic (exact) mass is 550 g/mol. The molecule has 0 aromatic heterocycles. The van der Waals surface area contributed by atoms with Crippen molar-refractivity contribution < 1.29 is 0 Å². The average Bonchev–Trinajstić information content (AvgIpc) is 2.89. The van der Waals surface area contributed by atoms with Gasteiger partial charge in [0.1, 0.15) is 0 Å². The van der Waals surface area contributed by atoms with Gasteiger partial charge in [-0.15, -0.1) is 0 Å². The van der Waals surface area contributed by atoms with E-state index in [-0.39, 0.29) is 5.41 Å². The van der Waals surface area contributed by atoms with Gasteiger partial charge in [-0.2, -0.15) is 0 Å². The number of rotatable bonds is 18. The van der Waals surface area contributed by atoms with Crippen LogP contribution in [0.25, 0.3) is 0 Å². The normalized spacial score (nSPS) is 11.9. The molecule has 0 nitrogen and oxygen atoms in total. The zero-order valence-electron chi connectivity index (χ0n) is 21.4. The summed E-state index contributed by atoms with van der Waals surface area (Å²) in [4.78, 5) is 0. The number of unbranched alkanes of at least 4 members (excludes halogenated alkanes) is 8. The molecule has 3 rings (SSSR count). The lowest BCUT2D eigenvalue weighted by atomic mass is 9.69. The molecule has 0 heterocycles. The first-order chi connectivity index (χ1) is 17.3. The van der Waals surface area contributed by atoms with Gasteiger partial charge in [-0.05, 0) is 60.4 Å². The van der Waals surface area contributed by atoms with Crippen LogP contribution in [0.3, 0.4) is 0 Å². The third-order valence-corrected chi connectivity index (χ3v) is 8.98. The molecular formula is C33H44BrP. The standard InChI is InChI=1S/C33H44BrP/c34-35-26-18-7-5-3-1-2-4-6-17-25-33(27-30-19-11-8-12-20-30,28-31-21-13-9-14-22-31)29-32-23-15-10-16-24-32/h8-16,19-24,35H,1-7,17-18,25-29H2. The molecule has 1 atom stereocenters. The fraction of sp³-hybridized carbons (Fsp3) is 0.455. The number of hydrogen-bond donors (Lipinski definition) is 0. The van der Waals surface area contributed by atoms with Gasteiger partial charge in [-0.25, -0.2) is 0 Å². The minimum atomic E-state index is 0.250. The summed E-state index contributed by atoms with van der Waals surface area (Å²) < 4.78 is 0. The molecule has 0 radical (unpaired) electrons. The van der Waals surface area contributed by atoms with Gasteiger partial charge >= 0.3 is 0 Å². The van der Waals surface area contributed by atoms with Crippen LogP contribution < -0.4 is 0 Å². The van der Waals surface area contributed by atoms with Gasteiger partial charge < -0.3 is 0 Å². The van der Waals surface area contributed by atoms with E-state index in [4.69, 9.17) is 0 Å². The highest BCUT2D eigenvalue weighted by Gasteiger charge is 2.30. The minimum Gasteiger partial charge on any atom is -0.0642 e. The van der Waals surface area contributed by atoms with Gasteiger partial charge in [0.15, 0.2) is 0 Å². The van der Waals surface area contributed by atoms with Crippen molar-refractivity contribution in [2.75, 3.05) is 6.16 Å². The summed E-state index contributed by atoms with van der Waals surface area (Å²) in [6.07, 6.45) is 18.7. The van der Waals surface area contributed by atoms with Crippen LogP contribution in [0.1, 0.15) is 80.9 Å². The fourth-order valence-corrected chi connectivity index (χ4v) is 6.69. The van der Waals surface area contributed by atoms with Crippen LogP contribution in [0.5, 0.6) is 0 Å². The van der Waals surface area contributed by atoms with Crippen molar-refractivity contribution in [3.63, 3.8) is 0 Å². The first-order valence-electron chi connectivity index (χ1n) is 13.7. The highest BCUT2D eigenvalue weighted by Crippen LogP contribution is 2.37. The zero-order valence-corrected chi connectivity index (χ0v) is 24.0. The smallest absolute Gasteiger partial charge is 0.0176 e. The quantitative estimate of drug-likeness (QED) is 0.109. The summed E-state index contributed by atoms with van der Waals surface area (Å²) in [5.74, 6) is 0. The maximum Gasteiger partial charge on any atom is -0.0176 e. The van der Waals surface area contributed by atoms with Crippen LogP contribution in [0.2, 0.25) is 0 Å². The predicted octanol–water partition coefficient (Wildman–Crippen LogP) is 10.6. The van der Waals surface area contributed by atoms with Crippen LogP contribution in [-0.2, 0) is 19.3 Å². The molecule has 0 amide bonds. The van der Waals surface area contributed by atoms with Crippen molar-refractivity contribution in [1.29, 1.82) is 0 Å². The summed E-state index contributed by atoms with van der Waals surface area (Å²) >= 11 is 3.56. The Hall–Kier alpha value is -1.43. The van der Waals surface area contributed by atoms with Crippen molar-refractivity contribution in [2.45, 2.75) is 83.5 Å². The van der Waals surface area contributed by atoms with Crippen LogP contribution in [0.4, 0.5) is 0 Å². The number of halogens is 1. The molecule has 35 heavy (non-hydrogen) atoms. The lowest BCUT2D eigenvalue weighted by Gasteiger charge is -2.35. The molecule has 0 aliphatic rings. The molecular weight excluding hydrogens is 507 g/mol. The molecule has 0 N–H and O–H groups in total. The number of hydrogen-bond acceptors (Lipinski definition) is 0. The van der Waals surface area contributed by atoms with Gasteiger partial charge in [0.05, 0.1) is 0 Å². The summed E-state index contributed by atoms with van der Waals surface area (Å²) in [6.45, 7) is 0. The maximum atomic E-state index is 3.56. The lowest BCUT2D eigenvalue weighted by molar-refractivity contribution is 0.243. The van der Waals surface area contributed by atoms with E-state index >= 15 is 0 Å². The summed E-state index contributed by atoms with van der Waals surface area (Å²) in [7, 11) is 0.949. The molecule has 1 unspecified atom stereocenters. The molecule has 0 aliphatic heterocycles. The molecule has 3 aromatic rings. The molecule has 0 fully saturated rings. The predicted molar refractivity (Wildman–Crippen MR) is 161 cm³/mol. The van der Waals surface area contributed by atoms with Crippen molar-refractivity contribution in [3.05, 3.63) is 108 Å². The van der Waals surface area contributed by atoms with Crippen molar-refractivity contribution in [3.8, 4) is 0 Å². The van der Waals surface area contributed by atoms with Crippen molar-refractivity contribution >= 4 is 22.8 Å². The van der Waals surface area contributed by atoms with Crippen LogP contribution in [0, 0.1) is 5.41 Å². The molecule has 0 spiro atoms. The lowest BCUT2D eigenvalue weighted by Crippen LogP contribution is -2.30. The SMILES string of the molecule is BrPCCCCCCCCCCCC(Cc1ccccc1)(Cc1ccccc1)Cc1ccccc1. The van der Waals surface area contributed by atoms with E-state index in [1.165, 1.54) is 87.1 Å². The summed E-state index contributed by atoms with van der Waals surface area (Å²) in [6, 6.07) is 33.6. The molecule has 188 valence electrons. The van der Waals surface area contributed by atoms with Crippen molar-refractivity contribution in [1.82, 2.24) is 0 Å². The average molecular weight is 552 g/mol. The Morgan fingerprint density at radius 1 is 0.457 bits per heavy atom. The van der Waals surface area contributed by atoms with Gasteiger partial charge in [0, 0.05) is 0 Å². The van der Waals surface area contributed by atoms with E-state index in [0.717, 1.165) is 26.5 Å². The highest BCUT2D eigenvalue weighted by atomic mass is 79.9. The second kappa shape index (κ2) is 17.1. The van der Waals surface area contributed by atoms with E-state index in [1.54, 1.807) is 0 Å². The Balaban J connectivity index is 1.60. The molecule has 3 aromatic carbocycles. The Labute approximate surface area is 224 Å². The van der Waals surface area contributed by atoms with E-state index in [0.29, 0.717) is 0 Å². The molecule has 2 heteroatoms. The Morgan fingerprint density at radius 2 is 0.800 bits per heavy atom. The third kappa shape index (κ3) is 11.4. The van der Waals surface area contributed by atoms with E-state index in [2.05, 4.69) is 106 Å². The second-order valence-corrected chi connectivity index (χ2v) is 12.8. The Bertz CT molecular complexity index is 793. The Morgan fingerprint density at radius 3 is 1.17 bits per heavy atom. The van der Waals surface area contributed by atoms with Gasteiger partial charge in [0.2, 0.25) is 0 Å². The molecule has 0 saturated carbocycles. The summed E-state index contributed by atoms with van der Waals surface area (Å²) in [5, 5.41) is 0. The molecule has 0 aliphatic carbocycles. The van der Waals surface area contributed by atoms with E-state index in [9.17, 15) is 0 Å². The fourth-order valence-electron chi connectivity index (χ4n) is 5.47. The molecule has 0 bridgehead atoms. The van der Waals surface area contributed by atoms with E-state index in [1.807, 2.05) is 0 Å². The largest absolute Gasteiger partial charge is 0.0642 e. The van der Waals surface area contributed by atoms with Gasteiger partial charge in [0.25, 0.3) is 0 Å². The third-order valence-electron chi connectivity index (χ3n) is 7.24. The first-order valence-corrected chi connectivity index (χ1v) is 17.2. The van der Waals surface area contributed by atoms with Crippen LogP contribution >= 0.6 is 22.8 Å².